The summed E-state index contributed by atoms with van der Waals surface area (Å²) in [6, 6.07) is 7.10. The van der Waals surface area contributed by atoms with Crippen molar-refractivity contribution in [2.75, 3.05) is 0 Å². The first-order chi connectivity index (χ1) is 8.65. The molecule has 4 nitrogen and oxygen atoms in total. The standard InChI is InChI=1S/C12H6F2N4/c13-9-2-1-8(3-10(9)14)6-18-7-17-11(4-15)12(18)5-16/h1-3,7H,6H2. The van der Waals surface area contributed by atoms with E-state index in [1.165, 1.54) is 17.0 Å². The maximum absolute atomic E-state index is 13.0. The van der Waals surface area contributed by atoms with Gasteiger partial charge in [0, 0.05) is 6.54 Å². The number of nitriles is 2. The van der Waals surface area contributed by atoms with Crippen LogP contribution in [-0.2, 0) is 6.54 Å². The Bertz CT molecular complexity index is 676. The van der Waals surface area contributed by atoms with Crippen LogP contribution in [0.1, 0.15) is 17.0 Å². The van der Waals surface area contributed by atoms with Crippen molar-refractivity contribution in [3.8, 4) is 12.1 Å². The van der Waals surface area contributed by atoms with Crippen molar-refractivity contribution in [3.05, 3.63) is 53.1 Å². The summed E-state index contributed by atoms with van der Waals surface area (Å²) in [7, 11) is 0. The van der Waals surface area contributed by atoms with E-state index in [0.29, 0.717) is 5.56 Å². The Morgan fingerprint density at radius 3 is 2.56 bits per heavy atom. The fraction of sp³-hybridized carbons (Fsp3) is 0.0833. The SMILES string of the molecule is N#Cc1ncn(Cc2ccc(F)c(F)c2)c1C#N. The molecule has 0 unspecified atom stereocenters. The van der Waals surface area contributed by atoms with Crippen LogP contribution in [0.25, 0.3) is 0 Å². The quantitative estimate of drug-likeness (QED) is 0.810. The van der Waals surface area contributed by atoms with E-state index in [4.69, 9.17) is 10.5 Å². The number of nitrogens with zero attached hydrogens (tertiary/aromatic N) is 4. The van der Waals surface area contributed by atoms with Gasteiger partial charge in [0.1, 0.15) is 12.1 Å². The molecule has 1 aromatic carbocycles. The molecule has 0 saturated heterocycles. The van der Waals surface area contributed by atoms with E-state index in [0.717, 1.165) is 12.1 Å². The first-order valence-electron chi connectivity index (χ1n) is 4.95. The minimum atomic E-state index is -0.952. The van der Waals surface area contributed by atoms with Crippen LogP contribution in [0.5, 0.6) is 0 Å². The lowest BCUT2D eigenvalue weighted by molar-refractivity contribution is 0.506. The van der Waals surface area contributed by atoms with E-state index in [1.807, 2.05) is 6.07 Å². The normalized spacial score (nSPS) is 9.78. The Hall–Kier alpha value is -2.73. The molecular formula is C12H6F2N4. The molecular weight excluding hydrogens is 238 g/mol. The van der Waals surface area contributed by atoms with Crippen LogP contribution in [0.2, 0.25) is 0 Å². The second-order valence-corrected chi connectivity index (χ2v) is 3.54. The predicted octanol–water partition coefficient (Wildman–Crippen LogP) is 1.95. The van der Waals surface area contributed by atoms with Crippen molar-refractivity contribution < 1.29 is 8.78 Å². The molecule has 0 aliphatic heterocycles. The highest BCUT2D eigenvalue weighted by Gasteiger charge is 2.11. The molecule has 1 heterocycles. The molecule has 0 amide bonds. The molecule has 0 aliphatic rings. The predicted molar refractivity (Wildman–Crippen MR) is 57.1 cm³/mol. The summed E-state index contributed by atoms with van der Waals surface area (Å²) in [5.41, 5.74) is 0.592. The minimum Gasteiger partial charge on any atom is -0.317 e. The Morgan fingerprint density at radius 2 is 1.94 bits per heavy atom. The Labute approximate surface area is 101 Å². The summed E-state index contributed by atoms with van der Waals surface area (Å²) in [5, 5.41) is 17.6. The summed E-state index contributed by atoms with van der Waals surface area (Å²) in [5.74, 6) is -1.88. The van der Waals surface area contributed by atoms with Gasteiger partial charge in [-0.1, -0.05) is 6.07 Å². The summed E-state index contributed by atoms with van der Waals surface area (Å²) in [4.78, 5) is 3.75. The zero-order chi connectivity index (χ0) is 13.1. The first-order valence-corrected chi connectivity index (χ1v) is 4.95. The zero-order valence-electron chi connectivity index (χ0n) is 9.06. The van der Waals surface area contributed by atoms with Crippen molar-refractivity contribution in [3.63, 3.8) is 0 Å². The maximum atomic E-state index is 13.0. The number of halogens is 2. The van der Waals surface area contributed by atoms with Crippen molar-refractivity contribution >= 4 is 0 Å². The molecule has 0 fully saturated rings. The summed E-state index contributed by atoms with van der Waals surface area (Å²) < 4.78 is 27.2. The third-order valence-electron chi connectivity index (χ3n) is 2.39. The van der Waals surface area contributed by atoms with Crippen molar-refractivity contribution in [1.29, 1.82) is 10.5 Å². The number of hydrogen-bond donors (Lipinski definition) is 0. The molecule has 6 heteroatoms. The number of benzene rings is 1. The largest absolute Gasteiger partial charge is 0.317 e. The van der Waals surface area contributed by atoms with Gasteiger partial charge in [0.15, 0.2) is 23.0 Å². The first kappa shape index (κ1) is 11.7. The molecule has 0 bridgehead atoms. The van der Waals surface area contributed by atoms with Gasteiger partial charge in [0.2, 0.25) is 0 Å². The third kappa shape index (κ3) is 2.04. The second kappa shape index (κ2) is 4.64. The molecule has 1 aromatic heterocycles. The van der Waals surface area contributed by atoms with Gasteiger partial charge in [-0.25, -0.2) is 13.8 Å². The molecule has 18 heavy (non-hydrogen) atoms. The fourth-order valence-corrected chi connectivity index (χ4v) is 1.54. The molecule has 0 saturated carbocycles. The Morgan fingerprint density at radius 1 is 1.17 bits per heavy atom. The van der Waals surface area contributed by atoms with Gasteiger partial charge in [-0.05, 0) is 17.7 Å². The van der Waals surface area contributed by atoms with Crippen molar-refractivity contribution in [1.82, 2.24) is 9.55 Å². The molecule has 2 rings (SSSR count). The van der Waals surface area contributed by atoms with E-state index in [2.05, 4.69) is 4.98 Å². The van der Waals surface area contributed by atoms with Gasteiger partial charge in [0.25, 0.3) is 0 Å². The molecule has 0 N–H and O–H groups in total. The molecule has 2 aromatic rings. The van der Waals surface area contributed by atoms with Gasteiger partial charge in [-0.15, -0.1) is 0 Å². The van der Waals surface area contributed by atoms with Gasteiger partial charge in [-0.2, -0.15) is 10.5 Å². The number of rotatable bonds is 2. The highest BCUT2D eigenvalue weighted by Crippen LogP contribution is 2.12. The minimum absolute atomic E-state index is 0.0140. The number of aromatic nitrogens is 2. The van der Waals surface area contributed by atoms with Crippen LogP contribution in [0.4, 0.5) is 8.78 Å². The second-order valence-electron chi connectivity index (χ2n) is 3.54. The zero-order valence-corrected chi connectivity index (χ0v) is 9.06. The van der Waals surface area contributed by atoms with Crippen LogP contribution < -0.4 is 0 Å². The van der Waals surface area contributed by atoms with E-state index in [9.17, 15) is 8.78 Å². The molecule has 88 valence electrons. The monoisotopic (exact) mass is 244 g/mol. The highest BCUT2D eigenvalue weighted by molar-refractivity contribution is 5.36. The Balaban J connectivity index is 2.35. The van der Waals surface area contributed by atoms with Crippen molar-refractivity contribution in [2.45, 2.75) is 6.54 Å². The molecule has 0 aliphatic carbocycles. The average molecular weight is 244 g/mol. The molecule has 0 atom stereocenters. The van der Waals surface area contributed by atoms with Gasteiger partial charge in [0.05, 0.1) is 6.33 Å². The van der Waals surface area contributed by atoms with Crippen LogP contribution in [-0.4, -0.2) is 9.55 Å². The van der Waals surface area contributed by atoms with E-state index < -0.39 is 11.6 Å². The van der Waals surface area contributed by atoms with Crippen molar-refractivity contribution in [2.24, 2.45) is 0 Å². The summed E-state index contributed by atoms with van der Waals surface area (Å²) in [6.07, 6.45) is 1.32. The van der Waals surface area contributed by atoms with Crippen LogP contribution in [0.3, 0.4) is 0 Å². The van der Waals surface area contributed by atoms with Crippen LogP contribution in [0, 0.1) is 34.3 Å². The van der Waals surface area contributed by atoms with E-state index in [1.54, 1.807) is 6.07 Å². The topological polar surface area (TPSA) is 65.4 Å². The molecule has 0 radical (unpaired) electrons. The van der Waals surface area contributed by atoms with E-state index >= 15 is 0 Å². The van der Waals surface area contributed by atoms with Gasteiger partial charge in [-0.3, -0.25) is 0 Å². The number of imidazole rings is 1. The third-order valence-corrected chi connectivity index (χ3v) is 2.39. The maximum Gasteiger partial charge on any atom is 0.176 e. The fourth-order valence-electron chi connectivity index (χ4n) is 1.54. The van der Waals surface area contributed by atoms with Crippen LogP contribution >= 0.6 is 0 Å². The van der Waals surface area contributed by atoms with Gasteiger partial charge >= 0.3 is 0 Å². The highest BCUT2D eigenvalue weighted by atomic mass is 19.2. The average Bonchev–Trinajstić information content (AvgIpc) is 2.75. The summed E-state index contributed by atoms with van der Waals surface area (Å²) in [6.45, 7) is 0.148. The summed E-state index contributed by atoms with van der Waals surface area (Å²) >= 11 is 0. The number of hydrogen-bond acceptors (Lipinski definition) is 3. The van der Waals surface area contributed by atoms with Crippen LogP contribution in [0.15, 0.2) is 24.5 Å². The van der Waals surface area contributed by atoms with E-state index in [-0.39, 0.29) is 17.9 Å². The van der Waals surface area contributed by atoms with Gasteiger partial charge < -0.3 is 4.57 Å². The molecule has 0 spiro atoms. The Kier molecular flexibility index (Phi) is 3.03. The lowest BCUT2D eigenvalue weighted by atomic mass is 10.2. The lowest BCUT2D eigenvalue weighted by Gasteiger charge is -2.04. The smallest absolute Gasteiger partial charge is 0.176 e. The lowest BCUT2D eigenvalue weighted by Crippen LogP contribution is -2.02.